The minimum atomic E-state index is -3.71. The van der Waals surface area contributed by atoms with Crippen LogP contribution in [0.1, 0.15) is 5.82 Å². The topological polar surface area (TPSA) is 114 Å². The maximum Gasteiger partial charge on any atom is 0.269 e. The summed E-state index contributed by atoms with van der Waals surface area (Å²) < 4.78 is 29.1. The Morgan fingerprint density at radius 2 is 1.57 bits per heavy atom. The van der Waals surface area contributed by atoms with Crippen LogP contribution in [0.2, 0.25) is 0 Å². The van der Waals surface area contributed by atoms with Gasteiger partial charge in [0.2, 0.25) is 10.0 Å². The molecule has 0 unspecified atom stereocenters. The molecule has 4 rings (SSSR count). The van der Waals surface area contributed by atoms with E-state index in [2.05, 4.69) is 9.97 Å². The molecule has 0 bridgehead atoms. The Bertz CT molecular complexity index is 1150. The summed E-state index contributed by atoms with van der Waals surface area (Å²) in [5.41, 5.74) is -0.142. The van der Waals surface area contributed by atoms with Crippen LogP contribution in [0.3, 0.4) is 0 Å². The molecular weight excluding hydrogens is 408 g/mol. The molecule has 2 aromatic heterocycles. The summed E-state index contributed by atoms with van der Waals surface area (Å²) in [4.78, 5) is 21.3. The highest BCUT2D eigenvalue weighted by Gasteiger charge is 2.29. The number of nitrogens with zero attached hydrogens (tertiary/aromatic N) is 6. The second kappa shape index (κ2) is 7.84. The van der Waals surface area contributed by atoms with Crippen molar-refractivity contribution in [1.82, 2.24) is 18.8 Å². The fourth-order valence-corrected chi connectivity index (χ4v) is 4.79. The van der Waals surface area contributed by atoms with Crippen LogP contribution in [0, 0.1) is 17.0 Å². The molecule has 30 heavy (non-hydrogen) atoms. The number of aryl methyl sites for hydroxylation is 1. The summed E-state index contributed by atoms with van der Waals surface area (Å²) in [5, 5.41) is 10.8. The van der Waals surface area contributed by atoms with Gasteiger partial charge in [0.1, 0.15) is 17.5 Å². The number of piperazine rings is 1. The summed E-state index contributed by atoms with van der Waals surface area (Å²) in [6.45, 7) is 3.37. The molecule has 0 radical (unpaired) electrons. The van der Waals surface area contributed by atoms with Crippen LogP contribution >= 0.6 is 0 Å². The van der Waals surface area contributed by atoms with Gasteiger partial charge in [0.25, 0.3) is 5.69 Å². The SMILES string of the molecule is Cc1nc(N2CCN(S(=O)(=O)c3ccc([N+](=O)[O-])cc3)CC2)cc(-n2cccc2)n1. The van der Waals surface area contributed by atoms with Gasteiger partial charge in [0, 0.05) is 56.8 Å². The number of hydrogen-bond acceptors (Lipinski definition) is 7. The molecule has 0 saturated carbocycles. The average molecular weight is 428 g/mol. The van der Waals surface area contributed by atoms with Crippen LogP contribution in [0.15, 0.2) is 59.8 Å². The molecule has 1 aromatic carbocycles. The zero-order chi connectivity index (χ0) is 21.3. The first-order chi connectivity index (χ1) is 14.3. The second-order valence-electron chi connectivity index (χ2n) is 6.86. The van der Waals surface area contributed by atoms with E-state index in [4.69, 9.17) is 0 Å². The third kappa shape index (κ3) is 3.89. The molecule has 1 aliphatic heterocycles. The van der Waals surface area contributed by atoms with Crippen LogP contribution < -0.4 is 4.90 Å². The molecule has 3 aromatic rings. The molecule has 0 aliphatic carbocycles. The highest BCUT2D eigenvalue weighted by atomic mass is 32.2. The molecule has 3 heterocycles. The van der Waals surface area contributed by atoms with E-state index in [0.717, 1.165) is 11.6 Å². The summed E-state index contributed by atoms with van der Waals surface area (Å²) in [6.07, 6.45) is 3.81. The molecule has 0 atom stereocenters. The van der Waals surface area contributed by atoms with E-state index < -0.39 is 14.9 Å². The number of nitro benzene ring substituents is 1. The Hall–Kier alpha value is -3.31. The Morgan fingerprint density at radius 3 is 2.17 bits per heavy atom. The Kier molecular flexibility index (Phi) is 5.22. The predicted molar refractivity (Wildman–Crippen MR) is 110 cm³/mol. The van der Waals surface area contributed by atoms with Crippen molar-refractivity contribution < 1.29 is 13.3 Å². The summed E-state index contributed by atoms with van der Waals surface area (Å²) in [7, 11) is -3.71. The van der Waals surface area contributed by atoms with E-state index in [0.29, 0.717) is 32.0 Å². The van der Waals surface area contributed by atoms with E-state index in [9.17, 15) is 18.5 Å². The fourth-order valence-electron chi connectivity index (χ4n) is 3.36. The summed E-state index contributed by atoms with van der Waals surface area (Å²) >= 11 is 0. The van der Waals surface area contributed by atoms with Gasteiger partial charge in [-0.2, -0.15) is 4.31 Å². The van der Waals surface area contributed by atoms with Gasteiger partial charge in [-0.3, -0.25) is 10.1 Å². The van der Waals surface area contributed by atoms with Crippen molar-refractivity contribution in [2.24, 2.45) is 0 Å². The van der Waals surface area contributed by atoms with Crippen LogP contribution in [0.25, 0.3) is 5.82 Å². The lowest BCUT2D eigenvalue weighted by atomic mass is 10.3. The fraction of sp³-hybridized carbons (Fsp3) is 0.263. The molecule has 1 saturated heterocycles. The molecular formula is C19H20N6O4S. The zero-order valence-electron chi connectivity index (χ0n) is 16.2. The number of benzene rings is 1. The van der Waals surface area contributed by atoms with Gasteiger partial charge in [-0.05, 0) is 31.2 Å². The standard InChI is InChI=1S/C19H20N6O4S/c1-15-20-18(22-8-2-3-9-22)14-19(21-15)23-10-12-24(13-11-23)30(28,29)17-6-4-16(5-7-17)25(26)27/h2-9,14H,10-13H2,1H3. The van der Waals surface area contributed by atoms with Gasteiger partial charge in [0.05, 0.1) is 9.82 Å². The van der Waals surface area contributed by atoms with Gasteiger partial charge in [-0.15, -0.1) is 0 Å². The van der Waals surface area contributed by atoms with Crippen molar-refractivity contribution in [3.8, 4) is 5.82 Å². The Labute approximate surface area is 173 Å². The van der Waals surface area contributed by atoms with Crippen LogP contribution in [-0.4, -0.2) is 58.4 Å². The maximum atomic E-state index is 12.9. The molecule has 0 amide bonds. The van der Waals surface area contributed by atoms with Gasteiger partial charge >= 0.3 is 0 Å². The van der Waals surface area contributed by atoms with Crippen LogP contribution in [0.5, 0.6) is 0 Å². The second-order valence-corrected chi connectivity index (χ2v) is 8.80. The van der Waals surface area contributed by atoms with Gasteiger partial charge in [-0.1, -0.05) is 0 Å². The normalized spacial score (nSPS) is 15.3. The highest BCUT2D eigenvalue weighted by molar-refractivity contribution is 7.89. The molecule has 1 aliphatic rings. The lowest BCUT2D eigenvalue weighted by Gasteiger charge is -2.34. The molecule has 10 nitrogen and oxygen atoms in total. The molecule has 1 fully saturated rings. The van der Waals surface area contributed by atoms with Gasteiger partial charge in [0.15, 0.2) is 0 Å². The van der Waals surface area contributed by atoms with Crippen molar-refractivity contribution in [3.63, 3.8) is 0 Å². The predicted octanol–water partition coefficient (Wildman–Crippen LogP) is 1.99. The van der Waals surface area contributed by atoms with E-state index in [1.165, 1.54) is 28.6 Å². The monoisotopic (exact) mass is 428 g/mol. The van der Waals surface area contributed by atoms with Gasteiger partial charge < -0.3 is 9.47 Å². The first-order valence-corrected chi connectivity index (χ1v) is 10.8. The Morgan fingerprint density at radius 1 is 0.967 bits per heavy atom. The van der Waals surface area contributed by atoms with E-state index in [1.807, 2.05) is 47.0 Å². The first kappa shape index (κ1) is 20.0. The average Bonchev–Trinajstić information content (AvgIpc) is 3.28. The smallest absolute Gasteiger partial charge is 0.269 e. The number of rotatable bonds is 5. The van der Waals surface area contributed by atoms with Crippen molar-refractivity contribution in [2.75, 3.05) is 31.1 Å². The molecule has 0 spiro atoms. The molecule has 11 heteroatoms. The van der Waals surface area contributed by atoms with Crippen LogP contribution in [0.4, 0.5) is 11.5 Å². The minimum Gasteiger partial charge on any atom is -0.354 e. The van der Waals surface area contributed by atoms with Crippen molar-refractivity contribution in [1.29, 1.82) is 0 Å². The third-order valence-electron chi connectivity index (χ3n) is 4.93. The number of non-ortho nitro benzene ring substituents is 1. The summed E-state index contributed by atoms with van der Waals surface area (Å²) in [5.74, 6) is 2.14. The zero-order valence-corrected chi connectivity index (χ0v) is 17.1. The first-order valence-electron chi connectivity index (χ1n) is 9.33. The Balaban J connectivity index is 1.49. The largest absolute Gasteiger partial charge is 0.354 e. The highest BCUT2D eigenvalue weighted by Crippen LogP contribution is 2.23. The van der Waals surface area contributed by atoms with E-state index in [-0.39, 0.29) is 10.6 Å². The number of sulfonamides is 1. The number of aromatic nitrogens is 3. The van der Waals surface area contributed by atoms with Crippen molar-refractivity contribution >= 4 is 21.5 Å². The molecule has 0 N–H and O–H groups in total. The minimum absolute atomic E-state index is 0.0503. The summed E-state index contributed by atoms with van der Waals surface area (Å²) in [6, 6.07) is 10.7. The quantitative estimate of drug-likeness (QED) is 0.451. The van der Waals surface area contributed by atoms with Crippen molar-refractivity contribution in [2.45, 2.75) is 11.8 Å². The third-order valence-corrected chi connectivity index (χ3v) is 6.84. The maximum absolute atomic E-state index is 12.9. The lowest BCUT2D eigenvalue weighted by Crippen LogP contribution is -2.49. The lowest BCUT2D eigenvalue weighted by molar-refractivity contribution is -0.384. The van der Waals surface area contributed by atoms with E-state index in [1.54, 1.807) is 0 Å². The van der Waals surface area contributed by atoms with Gasteiger partial charge in [-0.25, -0.2) is 18.4 Å². The number of anilines is 1. The molecule has 156 valence electrons. The van der Waals surface area contributed by atoms with Crippen molar-refractivity contribution in [3.05, 3.63) is 70.8 Å². The number of nitro groups is 1. The number of hydrogen-bond donors (Lipinski definition) is 0. The van der Waals surface area contributed by atoms with Crippen LogP contribution in [-0.2, 0) is 10.0 Å². The van der Waals surface area contributed by atoms with E-state index >= 15 is 0 Å².